The highest BCUT2D eigenvalue weighted by Crippen LogP contribution is 2.29. The molecule has 8 heteroatoms. The summed E-state index contributed by atoms with van der Waals surface area (Å²) >= 11 is 0. The first kappa shape index (κ1) is 21.0. The van der Waals surface area contributed by atoms with Gasteiger partial charge in [-0.2, -0.15) is 13.2 Å². The van der Waals surface area contributed by atoms with Gasteiger partial charge in [-0.3, -0.25) is 14.5 Å². The largest absolute Gasteiger partial charge is 0.416 e. The van der Waals surface area contributed by atoms with Gasteiger partial charge < -0.3 is 10.2 Å². The van der Waals surface area contributed by atoms with Gasteiger partial charge in [0.15, 0.2) is 0 Å². The van der Waals surface area contributed by atoms with Crippen LogP contribution >= 0.6 is 0 Å². The van der Waals surface area contributed by atoms with Gasteiger partial charge in [0.25, 0.3) is 0 Å². The van der Waals surface area contributed by atoms with E-state index < -0.39 is 17.8 Å². The maximum absolute atomic E-state index is 12.7. The Balaban J connectivity index is 2.12. The second kappa shape index (κ2) is 8.56. The van der Waals surface area contributed by atoms with E-state index in [9.17, 15) is 22.8 Å². The van der Waals surface area contributed by atoms with Crippen molar-refractivity contribution in [1.82, 2.24) is 15.1 Å². The maximum Gasteiger partial charge on any atom is 0.416 e. The van der Waals surface area contributed by atoms with E-state index in [0.717, 1.165) is 12.1 Å². The third-order valence-corrected chi connectivity index (χ3v) is 4.64. The molecule has 1 N–H and O–H groups in total. The van der Waals surface area contributed by atoms with E-state index in [1.165, 1.54) is 23.1 Å². The molecular weight excluding hydrogens is 359 g/mol. The van der Waals surface area contributed by atoms with Crippen molar-refractivity contribution in [1.29, 1.82) is 0 Å². The monoisotopic (exact) mass is 383 g/mol. The van der Waals surface area contributed by atoms with Gasteiger partial charge >= 0.3 is 6.18 Å². The molecule has 1 saturated heterocycles. The summed E-state index contributed by atoms with van der Waals surface area (Å²) in [5.41, 5.74) is 0.00569. The fourth-order valence-electron chi connectivity index (χ4n) is 3.18. The number of nitrogens with zero attached hydrogens (tertiary/aromatic N) is 2. The number of likely N-dealkylation sites (tertiary alicyclic amines) is 1. The third kappa shape index (κ3) is 5.56. The van der Waals surface area contributed by atoms with Crippen LogP contribution in [0.5, 0.6) is 0 Å². The maximum atomic E-state index is 12.7. The van der Waals surface area contributed by atoms with Gasteiger partial charge in [-0.15, -0.1) is 0 Å². The van der Waals surface area contributed by atoms with Crippen molar-refractivity contribution in [3.05, 3.63) is 48.0 Å². The van der Waals surface area contributed by atoms with Crippen molar-refractivity contribution < 1.29 is 22.8 Å². The number of nitrogens with one attached hydrogen (secondary N) is 1. The number of amides is 2. The highest BCUT2D eigenvalue weighted by Gasteiger charge is 2.35. The van der Waals surface area contributed by atoms with Gasteiger partial charge in [0.2, 0.25) is 11.8 Å². The Bertz CT molecular complexity index is 686. The molecule has 0 bridgehead atoms. The molecule has 27 heavy (non-hydrogen) atoms. The first-order valence-electron chi connectivity index (χ1n) is 8.66. The zero-order valence-electron chi connectivity index (χ0n) is 15.4. The SMILES string of the molecule is C=CC(=O)NC1CCN(Cc2ccc(C(F)(F)F)cc2)[C@H](C(=O)N(C)C)C1. The number of hydrogen-bond donors (Lipinski definition) is 1. The van der Waals surface area contributed by atoms with Gasteiger partial charge in [-0.1, -0.05) is 18.7 Å². The molecule has 0 saturated carbocycles. The summed E-state index contributed by atoms with van der Waals surface area (Å²) in [5, 5.41) is 2.82. The van der Waals surface area contributed by atoms with Crippen LogP contribution in [-0.4, -0.2) is 54.3 Å². The first-order valence-corrected chi connectivity index (χ1v) is 8.66. The summed E-state index contributed by atoms with van der Waals surface area (Å²) < 4.78 is 38.1. The second-order valence-corrected chi connectivity index (χ2v) is 6.85. The summed E-state index contributed by atoms with van der Waals surface area (Å²) in [7, 11) is 3.31. The predicted octanol–water partition coefficient (Wildman–Crippen LogP) is 2.43. The van der Waals surface area contributed by atoms with Crippen molar-refractivity contribution in [2.45, 2.75) is 37.6 Å². The number of benzene rings is 1. The van der Waals surface area contributed by atoms with Crippen molar-refractivity contribution >= 4 is 11.8 Å². The summed E-state index contributed by atoms with van der Waals surface area (Å²) in [6, 6.07) is 4.38. The van der Waals surface area contributed by atoms with Crippen LogP contribution in [0.3, 0.4) is 0 Å². The molecule has 2 rings (SSSR count). The first-order chi connectivity index (χ1) is 12.6. The molecule has 1 unspecified atom stereocenters. The van der Waals surface area contributed by atoms with Gasteiger partial charge in [-0.25, -0.2) is 0 Å². The lowest BCUT2D eigenvalue weighted by Crippen LogP contribution is -2.54. The molecule has 0 aliphatic carbocycles. The van der Waals surface area contributed by atoms with Crippen LogP contribution in [0.4, 0.5) is 13.2 Å². The van der Waals surface area contributed by atoms with Crippen LogP contribution in [0.2, 0.25) is 0 Å². The van der Waals surface area contributed by atoms with E-state index in [0.29, 0.717) is 31.5 Å². The average molecular weight is 383 g/mol. The molecule has 1 heterocycles. The molecule has 1 aliphatic heterocycles. The minimum atomic E-state index is -4.37. The molecule has 2 amide bonds. The minimum absolute atomic E-state index is 0.0977. The lowest BCUT2D eigenvalue weighted by atomic mass is 9.95. The van der Waals surface area contributed by atoms with E-state index in [-0.39, 0.29) is 17.9 Å². The lowest BCUT2D eigenvalue weighted by molar-refractivity contribution is -0.137. The van der Waals surface area contributed by atoms with Crippen molar-refractivity contribution in [3.63, 3.8) is 0 Å². The molecular formula is C19H24F3N3O2. The summed E-state index contributed by atoms with van der Waals surface area (Å²) in [6.07, 6.45) is -2.09. The normalized spacial score (nSPS) is 20.8. The van der Waals surface area contributed by atoms with Gasteiger partial charge in [0.05, 0.1) is 11.6 Å². The second-order valence-electron chi connectivity index (χ2n) is 6.85. The van der Waals surface area contributed by atoms with E-state index in [1.807, 2.05) is 4.90 Å². The third-order valence-electron chi connectivity index (χ3n) is 4.64. The summed E-state index contributed by atoms with van der Waals surface area (Å²) in [4.78, 5) is 27.6. The Labute approximate surface area is 156 Å². The van der Waals surface area contributed by atoms with Gasteiger partial charge in [0.1, 0.15) is 0 Å². The lowest BCUT2D eigenvalue weighted by Gasteiger charge is -2.39. The molecule has 0 spiro atoms. The van der Waals surface area contributed by atoms with Crippen LogP contribution in [0.25, 0.3) is 0 Å². The minimum Gasteiger partial charge on any atom is -0.350 e. The van der Waals surface area contributed by atoms with Crippen molar-refractivity contribution in [2.24, 2.45) is 0 Å². The number of hydrogen-bond acceptors (Lipinski definition) is 3. The van der Waals surface area contributed by atoms with Crippen LogP contribution in [0.1, 0.15) is 24.0 Å². The predicted molar refractivity (Wildman–Crippen MR) is 95.7 cm³/mol. The van der Waals surface area contributed by atoms with Crippen LogP contribution in [-0.2, 0) is 22.3 Å². The molecule has 1 aliphatic rings. The number of carbonyl (C=O) groups excluding carboxylic acids is 2. The van der Waals surface area contributed by atoms with Crippen molar-refractivity contribution in [3.8, 4) is 0 Å². The van der Waals surface area contributed by atoms with E-state index in [2.05, 4.69) is 11.9 Å². The molecule has 5 nitrogen and oxygen atoms in total. The number of carbonyl (C=O) groups is 2. The fourth-order valence-corrected chi connectivity index (χ4v) is 3.18. The molecule has 0 radical (unpaired) electrons. The highest BCUT2D eigenvalue weighted by molar-refractivity contribution is 5.87. The van der Waals surface area contributed by atoms with Crippen LogP contribution in [0.15, 0.2) is 36.9 Å². The summed E-state index contributed by atoms with van der Waals surface area (Å²) in [6.45, 7) is 4.34. The Kier molecular flexibility index (Phi) is 6.64. The number of rotatable bonds is 5. The van der Waals surface area contributed by atoms with Crippen LogP contribution in [0, 0.1) is 0 Å². The number of halogens is 3. The Morgan fingerprint density at radius 3 is 2.44 bits per heavy atom. The fraction of sp³-hybridized carbons (Fsp3) is 0.474. The quantitative estimate of drug-likeness (QED) is 0.795. The Morgan fingerprint density at radius 2 is 1.93 bits per heavy atom. The molecule has 2 atom stereocenters. The highest BCUT2D eigenvalue weighted by atomic mass is 19.4. The molecule has 1 aromatic rings. The molecule has 0 aromatic heterocycles. The Hall–Kier alpha value is -2.35. The van der Waals surface area contributed by atoms with E-state index in [1.54, 1.807) is 14.1 Å². The molecule has 148 valence electrons. The van der Waals surface area contributed by atoms with Gasteiger partial charge in [0, 0.05) is 33.2 Å². The standard InChI is InChI=1S/C19H24F3N3O2/c1-4-17(26)23-15-9-10-25(16(11-15)18(27)24(2)3)12-13-5-7-14(8-6-13)19(20,21)22/h4-8,15-16H,1,9-12H2,2-3H3,(H,23,26)/t15?,16-/m0/s1. The van der Waals surface area contributed by atoms with Crippen molar-refractivity contribution in [2.75, 3.05) is 20.6 Å². The van der Waals surface area contributed by atoms with E-state index >= 15 is 0 Å². The van der Waals surface area contributed by atoms with Crippen LogP contribution < -0.4 is 5.32 Å². The summed E-state index contributed by atoms with van der Waals surface area (Å²) in [5.74, 6) is -0.383. The van der Waals surface area contributed by atoms with E-state index in [4.69, 9.17) is 0 Å². The zero-order valence-corrected chi connectivity index (χ0v) is 15.4. The molecule has 1 aromatic carbocycles. The Morgan fingerprint density at radius 1 is 1.30 bits per heavy atom. The number of alkyl halides is 3. The average Bonchev–Trinajstić information content (AvgIpc) is 2.61. The van der Waals surface area contributed by atoms with Gasteiger partial charge in [-0.05, 0) is 36.6 Å². The molecule has 1 fully saturated rings. The number of likely N-dealkylation sites (N-methyl/N-ethyl adjacent to an activating group) is 1. The topological polar surface area (TPSA) is 52.7 Å². The number of piperidine rings is 1. The zero-order chi connectivity index (χ0) is 20.2. The smallest absolute Gasteiger partial charge is 0.350 e.